The largest absolute Gasteiger partial charge is 0.359 e. The Balaban J connectivity index is 1.51. The molecule has 0 unspecified atom stereocenters. The van der Waals surface area contributed by atoms with Crippen molar-refractivity contribution < 1.29 is 8.78 Å². The first-order valence-electron chi connectivity index (χ1n) is 7.92. The number of nitriles is 1. The van der Waals surface area contributed by atoms with E-state index in [0.29, 0.717) is 27.3 Å². The molecule has 1 N–H and O–H groups in total. The zero-order valence-electron chi connectivity index (χ0n) is 13.4. The van der Waals surface area contributed by atoms with Crippen molar-refractivity contribution in [3.8, 4) is 16.0 Å². The van der Waals surface area contributed by atoms with Gasteiger partial charge in [-0.3, -0.25) is 4.98 Å². The van der Waals surface area contributed by atoms with E-state index in [-0.39, 0.29) is 12.8 Å². The number of anilines is 1. The van der Waals surface area contributed by atoms with Gasteiger partial charge in [-0.05, 0) is 37.1 Å². The molecule has 132 valence electrons. The van der Waals surface area contributed by atoms with Gasteiger partial charge in [0, 0.05) is 18.2 Å². The van der Waals surface area contributed by atoms with Crippen molar-refractivity contribution in [3.05, 3.63) is 46.9 Å². The van der Waals surface area contributed by atoms with Crippen molar-refractivity contribution in [1.29, 1.82) is 5.26 Å². The van der Waals surface area contributed by atoms with Crippen LogP contribution in [0.3, 0.4) is 0 Å². The first kappa shape index (κ1) is 17.0. The van der Waals surface area contributed by atoms with Crippen molar-refractivity contribution >= 4 is 27.8 Å². The molecular formula is C17H13F2N5S2. The molecule has 26 heavy (non-hydrogen) atoms. The van der Waals surface area contributed by atoms with Gasteiger partial charge in [0.25, 0.3) is 0 Å². The lowest BCUT2D eigenvalue weighted by Gasteiger charge is -2.43. The van der Waals surface area contributed by atoms with Gasteiger partial charge in [-0.1, -0.05) is 11.3 Å². The third-order valence-corrected chi connectivity index (χ3v) is 6.46. The maximum absolute atomic E-state index is 14.2. The van der Waals surface area contributed by atoms with Crippen LogP contribution >= 0.6 is 22.7 Å². The van der Waals surface area contributed by atoms with Crippen molar-refractivity contribution in [2.45, 2.75) is 24.4 Å². The molecule has 4 rings (SSSR count). The lowest BCUT2D eigenvalue weighted by atomic mass is 9.65. The summed E-state index contributed by atoms with van der Waals surface area (Å²) in [5.41, 5.74) is -0.379. The summed E-state index contributed by atoms with van der Waals surface area (Å²) in [5.74, 6) is -0.415. The maximum Gasteiger partial charge on any atom is 0.206 e. The Bertz CT molecular complexity index is 971. The van der Waals surface area contributed by atoms with Crippen LogP contribution in [-0.4, -0.2) is 27.9 Å². The molecule has 0 atom stereocenters. The number of hydrogen-bond acceptors (Lipinski definition) is 7. The van der Waals surface area contributed by atoms with Gasteiger partial charge < -0.3 is 5.32 Å². The lowest BCUT2D eigenvalue weighted by molar-refractivity contribution is 0.0965. The Hall–Kier alpha value is -2.44. The minimum atomic E-state index is -0.946. The summed E-state index contributed by atoms with van der Waals surface area (Å²) in [4.78, 5) is 5.62. The highest BCUT2D eigenvalue weighted by molar-refractivity contribution is 7.23. The topological polar surface area (TPSA) is 74.5 Å². The number of thiophene rings is 1. The number of alkyl halides is 1. The SMILES string of the molecule is N#Cc1ccc(-c2nnc(NC[C@]3(c4ncccc4F)C[C@H](F)C3)s2)s1. The van der Waals surface area contributed by atoms with Crippen LogP contribution < -0.4 is 5.32 Å². The molecule has 0 aliphatic heterocycles. The predicted molar refractivity (Wildman–Crippen MR) is 96.4 cm³/mol. The van der Waals surface area contributed by atoms with Crippen LogP contribution in [-0.2, 0) is 5.41 Å². The number of pyridine rings is 1. The number of hydrogen-bond donors (Lipinski definition) is 1. The number of aromatic nitrogens is 3. The second-order valence-electron chi connectivity index (χ2n) is 6.16. The van der Waals surface area contributed by atoms with E-state index in [4.69, 9.17) is 5.26 Å². The van der Waals surface area contributed by atoms with Crippen LogP contribution in [0.2, 0.25) is 0 Å². The van der Waals surface area contributed by atoms with Gasteiger partial charge in [0.05, 0.1) is 10.6 Å². The number of halogens is 2. The fourth-order valence-corrected chi connectivity index (χ4v) is 4.73. The summed E-state index contributed by atoms with van der Waals surface area (Å²) < 4.78 is 27.7. The van der Waals surface area contributed by atoms with E-state index in [1.54, 1.807) is 6.07 Å². The van der Waals surface area contributed by atoms with Crippen molar-refractivity contribution in [3.63, 3.8) is 0 Å². The number of nitrogens with one attached hydrogen (secondary N) is 1. The standard InChI is InChI=1S/C17H13F2N5S2/c18-10-6-17(7-10,14-12(19)2-1-5-21-14)9-22-16-24-23-15(26-16)13-4-3-11(8-20)25-13/h1-5,10H,6-7,9H2,(H,22,24)/t10-,17-. The fourth-order valence-electron chi connectivity index (χ4n) is 3.14. The van der Waals surface area contributed by atoms with Crippen LogP contribution in [0.1, 0.15) is 23.4 Å². The molecule has 0 spiro atoms. The second-order valence-corrected chi connectivity index (χ2v) is 8.22. The van der Waals surface area contributed by atoms with Gasteiger partial charge in [-0.2, -0.15) is 5.26 Å². The quantitative estimate of drug-likeness (QED) is 0.709. The van der Waals surface area contributed by atoms with Gasteiger partial charge in [0.15, 0.2) is 5.01 Å². The molecule has 3 aromatic heterocycles. The van der Waals surface area contributed by atoms with Crippen molar-refractivity contribution in [1.82, 2.24) is 15.2 Å². The first-order valence-corrected chi connectivity index (χ1v) is 9.56. The van der Waals surface area contributed by atoms with E-state index < -0.39 is 17.4 Å². The monoisotopic (exact) mass is 389 g/mol. The van der Waals surface area contributed by atoms with E-state index in [2.05, 4.69) is 26.6 Å². The van der Waals surface area contributed by atoms with E-state index in [1.165, 1.54) is 41.0 Å². The highest BCUT2D eigenvalue weighted by Gasteiger charge is 2.48. The molecule has 3 heterocycles. The summed E-state index contributed by atoms with van der Waals surface area (Å²) in [5, 5.41) is 21.6. The summed E-state index contributed by atoms with van der Waals surface area (Å²) in [7, 11) is 0. The first-order chi connectivity index (χ1) is 12.6. The molecule has 0 amide bonds. The Morgan fingerprint density at radius 2 is 2.12 bits per heavy atom. The molecule has 5 nitrogen and oxygen atoms in total. The highest BCUT2D eigenvalue weighted by Crippen LogP contribution is 2.46. The summed E-state index contributed by atoms with van der Waals surface area (Å²) >= 11 is 2.69. The van der Waals surface area contributed by atoms with E-state index in [0.717, 1.165) is 4.88 Å². The summed E-state index contributed by atoms with van der Waals surface area (Å²) in [6.45, 7) is 0.337. The lowest BCUT2D eigenvalue weighted by Crippen LogP contribution is -2.48. The number of rotatable bonds is 5. The normalized spacial score (nSPS) is 21.8. The molecule has 0 bridgehead atoms. The van der Waals surface area contributed by atoms with Crippen LogP contribution in [0.15, 0.2) is 30.5 Å². The molecule has 0 aromatic carbocycles. The smallest absolute Gasteiger partial charge is 0.206 e. The summed E-state index contributed by atoms with van der Waals surface area (Å²) in [6, 6.07) is 8.54. The van der Waals surface area contributed by atoms with Gasteiger partial charge in [-0.25, -0.2) is 8.78 Å². The Morgan fingerprint density at radius 1 is 1.27 bits per heavy atom. The Labute approximate surface area is 156 Å². The Kier molecular flexibility index (Phi) is 4.38. The number of nitrogens with zero attached hydrogens (tertiary/aromatic N) is 4. The third kappa shape index (κ3) is 3.06. The molecule has 3 aromatic rings. The second kappa shape index (κ2) is 6.70. The summed E-state index contributed by atoms with van der Waals surface area (Å²) in [6.07, 6.45) is 1.04. The highest BCUT2D eigenvalue weighted by atomic mass is 32.1. The molecular weight excluding hydrogens is 376 g/mol. The van der Waals surface area contributed by atoms with Crippen LogP contribution in [0.5, 0.6) is 0 Å². The van der Waals surface area contributed by atoms with E-state index in [1.807, 2.05) is 6.07 Å². The minimum Gasteiger partial charge on any atom is -0.359 e. The molecule has 1 aliphatic rings. The molecule has 0 radical (unpaired) electrons. The molecule has 1 aliphatic carbocycles. The van der Waals surface area contributed by atoms with Crippen LogP contribution in [0.4, 0.5) is 13.9 Å². The van der Waals surface area contributed by atoms with Crippen molar-refractivity contribution in [2.24, 2.45) is 0 Å². The van der Waals surface area contributed by atoms with Gasteiger partial charge in [0.2, 0.25) is 5.13 Å². The maximum atomic E-state index is 14.2. The van der Waals surface area contributed by atoms with Gasteiger partial charge in [0.1, 0.15) is 22.9 Å². The van der Waals surface area contributed by atoms with Crippen LogP contribution in [0, 0.1) is 17.1 Å². The zero-order valence-corrected chi connectivity index (χ0v) is 15.1. The average molecular weight is 389 g/mol. The third-order valence-electron chi connectivity index (χ3n) is 4.42. The van der Waals surface area contributed by atoms with E-state index >= 15 is 0 Å². The Morgan fingerprint density at radius 3 is 2.81 bits per heavy atom. The van der Waals surface area contributed by atoms with Crippen molar-refractivity contribution in [2.75, 3.05) is 11.9 Å². The average Bonchev–Trinajstić information content (AvgIpc) is 3.27. The predicted octanol–water partition coefficient (Wildman–Crippen LogP) is 4.15. The van der Waals surface area contributed by atoms with Crippen LogP contribution in [0.25, 0.3) is 9.88 Å². The zero-order chi connectivity index (χ0) is 18.1. The van der Waals surface area contributed by atoms with Gasteiger partial charge >= 0.3 is 0 Å². The van der Waals surface area contributed by atoms with Gasteiger partial charge in [-0.15, -0.1) is 21.5 Å². The fraction of sp³-hybridized carbons (Fsp3) is 0.294. The molecule has 1 fully saturated rings. The van der Waals surface area contributed by atoms with E-state index in [9.17, 15) is 8.78 Å². The molecule has 0 saturated heterocycles. The minimum absolute atomic E-state index is 0.232. The molecule has 1 saturated carbocycles. The molecule has 9 heteroatoms.